The van der Waals surface area contributed by atoms with E-state index in [9.17, 15) is 15.0 Å². The average molecular weight is 252 g/mol. The molecule has 0 radical (unpaired) electrons. The first kappa shape index (κ1) is 15.1. The van der Waals surface area contributed by atoms with Crippen LogP contribution in [0.4, 0.5) is 0 Å². The second-order valence-corrected chi connectivity index (χ2v) is 5.69. The van der Waals surface area contributed by atoms with E-state index in [-0.39, 0.29) is 17.6 Å². The van der Waals surface area contributed by atoms with E-state index >= 15 is 0 Å². The molecule has 0 heterocycles. The highest BCUT2D eigenvalue weighted by molar-refractivity contribution is 5.85. The molecule has 3 unspecified atom stereocenters. The molecule has 3 heteroatoms. The molecule has 0 spiro atoms. The van der Waals surface area contributed by atoms with Gasteiger partial charge in [-0.25, -0.2) is 0 Å². The van der Waals surface area contributed by atoms with Gasteiger partial charge in [-0.05, 0) is 31.3 Å². The molecule has 2 N–H and O–H groups in total. The van der Waals surface area contributed by atoms with Gasteiger partial charge in [-0.15, -0.1) is 0 Å². The molecule has 0 amide bonds. The Balaban J connectivity index is 2.67. The second kappa shape index (κ2) is 6.30. The molecule has 0 aromatic rings. The normalized spacial score (nSPS) is 25.8. The van der Waals surface area contributed by atoms with E-state index in [1.54, 1.807) is 6.08 Å². The first-order valence-electron chi connectivity index (χ1n) is 6.57. The summed E-state index contributed by atoms with van der Waals surface area (Å²) in [7, 11) is 0. The summed E-state index contributed by atoms with van der Waals surface area (Å²) in [6.45, 7) is 9.68. The molecule has 3 nitrogen and oxygen atoms in total. The maximum Gasteiger partial charge on any atom is 0.165 e. The number of ketones is 1. The zero-order valence-corrected chi connectivity index (χ0v) is 11.5. The number of aliphatic hydroxyl groups is 2. The quantitative estimate of drug-likeness (QED) is 0.738. The van der Waals surface area contributed by atoms with Gasteiger partial charge in [-0.2, -0.15) is 0 Å². The molecule has 0 aliphatic heterocycles. The number of allylic oxidation sites excluding steroid dienone is 1. The predicted molar refractivity (Wildman–Crippen MR) is 72.1 cm³/mol. The fraction of sp³-hybridized carbons (Fsp3) is 0.667. The minimum absolute atomic E-state index is 0.200. The third-order valence-corrected chi connectivity index (χ3v) is 3.46. The third kappa shape index (κ3) is 3.79. The van der Waals surface area contributed by atoms with Crippen LogP contribution in [-0.4, -0.2) is 28.2 Å². The number of aliphatic hydroxyl groups excluding tert-OH is 2. The summed E-state index contributed by atoms with van der Waals surface area (Å²) in [5.41, 5.74) is 1.60. The molecule has 0 aromatic carbocycles. The Hall–Kier alpha value is -0.930. The van der Waals surface area contributed by atoms with E-state index < -0.39 is 12.2 Å². The van der Waals surface area contributed by atoms with Gasteiger partial charge in [0.2, 0.25) is 0 Å². The summed E-state index contributed by atoms with van der Waals surface area (Å²) < 4.78 is 0. The summed E-state index contributed by atoms with van der Waals surface area (Å²) in [5.74, 6) is -0.188. The summed E-state index contributed by atoms with van der Waals surface area (Å²) in [6, 6.07) is 0. The van der Waals surface area contributed by atoms with Crippen LogP contribution < -0.4 is 0 Å². The van der Waals surface area contributed by atoms with Crippen molar-refractivity contribution in [2.75, 3.05) is 0 Å². The highest BCUT2D eigenvalue weighted by atomic mass is 16.3. The Bertz CT molecular complexity index is 355. The second-order valence-electron chi connectivity index (χ2n) is 5.69. The van der Waals surface area contributed by atoms with Crippen LogP contribution in [0.1, 0.15) is 40.0 Å². The van der Waals surface area contributed by atoms with Crippen molar-refractivity contribution < 1.29 is 15.0 Å². The van der Waals surface area contributed by atoms with Crippen LogP contribution in [0.3, 0.4) is 0 Å². The Morgan fingerprint density at radius 2 is 2.17 bits per heavy atom. The number of hydrogen-bond acceptors (Lipinski definition) is 3. The van der Waals surface area contributed by atoms with Gasteiger partial charge in [0.1, 0.15) is 6.10 Å². The lowest BCUT2D eigenvalue weighted by atomic mass is 9.80. The van der Waals surface area contributed by atoms with Crippen LogP contribution in [-0.2, 0) is 4.79 Å². The Kier molecular flexibility index (Phi) is 5.29. The summed E-state index contributed by atoms with van der Waals surface area (Å²) in [5, 5.41) is 20.0. The van der Waals surface area contributed by atoms with Gasteiger partial charge in [0.15, 0.2) is 5.78 Å². The molecular weight excluding hydrogens is 228 g/mol. The van der Waals surface area contributed by atoms with Crippen molar-refractivity contribution in [3.63, 3.8) is 0 Å². The van der Waals surface area contributed by atoms with E-state index in [1.165, 1.54) is 0 Å². The van der Waals surface area contributed by atoms with E-state index in [4.69, 9.17) is 0 Å². The molecule has 3 atom stereocenters. The molecule has 0 aromatic heterocycles. The largest absolute Gasteiger partial charge is 0.388 e. The van der Waals surface area contributed by atoms with E-state index in [1.807, 2.05) is 20.8 Å². The summed E-state index contributed by atoms with van der Waals surface area (Å²) in [6.07, 6.45) is 1.99. The number of carbonyl (C=O) groups is 1. The Morgan fingerprint density at radius 1 is 1.56 bits per heavy atom. The third-order valence-electron chi connectivity index (χ3n) is 3.46. The van der Waals surface area contributed by atoms with Crippen LogP contribution in [0.15, 0.2) is 23.8 Å². The minimum Gasteiger partial charge on any atom is -0.388 e. The maximum atomic E-state index is 11.8. The van der Waals surface area contributed by atoms with Crippen LogP contribution in [0.25, 0.3) is 0 Å². The number of rotatable bonds is 5. The van der Waals surface area contributed by atoms with Crippen LogP contribution in [0, 0.1) is 11.8 Å². The molecule has 1 rings (SSSR count). The van der Waals surface area contributed by atoms with Gasteiger partial charge in [0, 0.05) is 12.3 Å². The van der Waals surface area contributed by atoms with Gasteiger partial charge in [-0.3, -0.25) is 4.79 Å². The zero-order valence-electron chi connectivity index (χ0n) is 11.5. The SMILES string of the molecule is C=C(C(O)C(=O)CC(C)C)C1CCC(C)=CC1O. The van der Waals surface area contributed by atoms with Crippen LogP contribution in [0.5, 0.6) is 0 Å². The van der Waals surface area contributed by atoms with E-state index in [2.05, 4.69) is 6.58 Å². The van der Waals surface area contributed by atoms with E-state index in [0.29, 0.717) is 12.0 Å². The Morgan fingerprint density at radius 3 is 2.67 bits per heavy atom. The first-order valence-corrected chi connectivity index (χ1v) is 6.57. The van der Waals surface area contributed by atoms with Gasteiger partial charge < -0.3 is 10.2 Å². The average Bonchev–Trinajstić information content (AvgIpc) is 2.26. The summed E-state index contributed by atoms with van der Waals surface area (Å²) >= 11 is 0. The molecule has 1 aliphatic rings. The molecule has 1 aliphatic carbocycles. The lowest BCUT2D eigenvalue weighted by Crippen LogP contribution is -2.33. The molecule has 0 fully saturated rings. The highest BCUT2D eigenvalue weighted by Crippen LogP contribution is 2.30. The van der Waals surface area contributed by atoms with Gasteiger partial charge in [0.25, 0.3) is 0 Å². The monoisotopic (exact) mass is 252 g/mol. The van der Waals surface area contributed by atoms with Gasteiger partial charge >= 0.3 is 0 Å². The lowest BCUT2D eigenvalue weighted by molar-refractivity contribution is -0.126. The molecular formula is C15H24O3. The van der Waals surface area contributed by atoms with Crippen molar-refractivity contribution >= 4 is 5.78 Å². The molecule has 0 bridgehead atoms. The van der Waals surface area contributed by atoms with E-state index in [0.717, 1.165) is 18.4 Å². The minimum atomic E-state index is -1.14. The van der Waals surface area contributed by atoms with Crippen molar-refractivity contribution in [3.8, 4) is 0 Å². The van der Waals surface area contributed by atoms with Crippen molar-refractivity contribution in [2.24, 2.45) is 11.8 Å². The molecule has 0 saturated carbocycles. The lowest BCUT2D eigenvalue weighted by Gasteiger charge is -2.29. The van der Waals surface area contributed by atoms with Crippen LogP contribution in [0.2, 0.25) is 0 Å². The zero-order chi connectivity index (χ0) is 13.9. The van der Waals surface area contributed by atoms with Gasteiger partial charge in [-0.1, -0.05) is 32.1 Å². The van der Waals surface area contributed by atoms with Crippen LogP contribution >= 0.6 is 0 Å². The van der Waals surface area contributed by atoms with Gasteiger partial charge in [0.05, 0.1) is 6.10 Å². The van der Waals surface area contributed by atoms with Crippen molar-refractivity contribution in [1.82, 2.24) is 0 Å². The molecule has 102 valence electrons. The number of Topliss-reactive ketones (excluding diaryl/α,β-unsaturated/α-hetero) is 1. The van der Waals surface area contributed by atoms with Crippen molar-refractivity contribution in [2.45, 2.75) is 52.2 Å². The standard InChI is InChI=1S/C15H24O3/c1-9(2)7-14(17)15(18)11(4)12-6-5-10(3)8-13(12)16/h8-9,12-13,15-16,18H,4-7H2,1-3H3. The Labute approximate surface area is 109 Å². The predicted octanol–water partition coefficient (Wildman–Crippen LogP) is 2.24. The highest BCUT2D eigenvalue weighted by Gasteiger charge is 2.30. The number of carbonyl (C=O) groups excluding carboxylic acids is 1. The first-order chi connectivity index (χ1) is 8.32. The smallest absolute Gasteiger partial charge is 0.165 e. The molecule has 0 saturated heterocycles. The maximum absolute atomic E-state index is 11.8. The fourth-order valence-corrected chi connectivity index (χ4v) is 2.37. The number of hydrogen-bond donors (Lipinski definition) is 2. The topological polar surface area (TPSA) is 57.5 Å². The molecule has 18 heavy (non-hydrogen) atoms. The summed E-state index contributed by atoms with van der Waals surface area (Å²) in [4.78, 5) is 11.8. The van der Waals surface area contributed by atoms with Crippen molar-refractivity contribution in [3.05, 3.63) is 23.8 Å². The fourth-order valence-electron chi connectivity index (χ4n) is 2.37. The van der Waals surface area contributed by atoms with Crippen molar-refractivity contribution in [1.29, 1.82) is 0 Å².